The highest BCUT2D eigenvalue weighted by Gasteiger charge is 2.18. The third kappa shape index (κ3) is 3.70. The van der Waals surface area contributed by atoms with Gasteiger partial charge in [-0.25, -0.2) is 0 Å². The number of hydrogen-bond acceptors (Lipinski definition) is 3. The minimum absolute atomic E-state index is 0.263. The molecule has 0 aliphatic rings. The summed E-state index contributed by atoms with van der Waals surface area (Å²) >= 11 is 5.42. The largest absolute Gasteiger partial charge is 0.329 e. The second-order valence-electron chi connectivity index (χ2n) is 4.90. The Balaban J connectivity index is 2.21. The Labute approximate surface area is 133 Å². The molecule has 0 saturated carbocycles. The number of thiophene rings is 1. The van der Waals surface area contributed by atoms with Gasteiger partial charge in [-0.3, -0.25) is 4.90 Å². The number of hydrogen-bond donors (Lipinski definition) is 1. The zero-order valence-electron chi connectivity index (χ0n) is 12.0. The van der Waals surface area contributed by atoms with Crippen LogP contribution in [0, 0.1) is 6.92 Å². The van der Waals surface area contributed by atoms with Crippen molar-refractivity contribution in [3.05, 3.63) is 56.2 Å². The van der Waals surface area contributed by atoms with Gasteiger partial charge in [0.1, 0.15) is 0 Å². The van der Waals surface area contributed by atoms with Crippen molar-refractivity contribution in [2.75, 3.05) is 13.1 Å². The summed E-state index contributed by atoms with van der Waals surface area (Å²) in [6.07, 6.45) is 0. The molecule has 1 atom stereocenters. The van der Waals surface area contributed by atoms with Crippen LogP contribution in [-0.4, -0.2) is 18.0 Å². The maximum Gasteiger partial charge on any atom is 0.0474 e. The number of nitrogens with zero attached hydrogens (tertiary/aromatic N) is 1. The monoisotopic (exact) mass is 352 g/mol. The molecule has 0 radical (unpaired) electrons. The van der Waals surface area contributed by atoms with E-state index in [1.54, 1.807) is 11.3 Å². The molecule has 1 aromatic heterocycles. The number of halogens is 1. The van der Waals surface area contributed by atoms with E-state index < -0.39 is 0 Å². The number of aryl methyl sites for hydroxylation is 1. The second kappa shape index (κ2) is 7.36. The van der Waals surface area contributed by atoms with Gasteiger partial charge in [-0.1, -0.05) is 41.1 Å². The molecular weight excluding hydrogens is 332 g/mol. The summed E-state index contributed by atoms with van der Waals surface area (Å²) in [6, 6.07) is 11.1. The zero-order chi connectivity index (χ0) is 14.5. The molecule has 1 unspecified atom stereocenters. The van der Waals surface area contributed by atoms with Gasteiger partial charge in [0.15, 0.2) is 0 Å². The molecule has 2 nitrogen and oxygen atoms in total. The van der Waals surface area contributed by atoms with Gasteiger partial charge in [-0.15, -0.1) is 11.3 Å². The van der Waals surface area contributed by atoms with Gasteiger partial charge in [0.05, 0.1) is 0 Å². The molecule has 108 valence electrons. The van der Waals surface area contributed by atoms with Gasteiger partial charge in [0, 0.05) is 28.5 Å². The third-order valence-electron chi connectivity index (χ3n) is 3.59. The average Bonchev–Trinajstić information content (AvgIpc) is 2.95. The highest BCUT2D eigenvalue weighted by molar-refractivity contribution is 9.10. The topological polar surface area (TPSA) is 29.3 Å². The van der Waals surface area contributed by atoms with Crippen molar-refractivity contribution in [1.29, 1.82) is 0 Å². The van der Waals surface area contributed by atoms with E-state index in [-0.39, 0.29) is 6.04 Å². The fraction of sp³-hybridized carbons (Fsp3) is 0.375. The van der Waals surface area contributed by atoms with Crippen molar-refractivity contribution < 1.29 is 0 Å². The summed E-state index contributed by atoms with van der Waals surface area (Å²) in [4.78, 5) is 3.82. The quantitative estimate of drug-likeness (QED) is 0.837. The summed E-state index contributed by atoms with van der Waals surface area (Å²) in [6.45, 7) is 6.88. The average molecular weight is 353 g/mol. The lowest BCUT2D eigenvalue weighted by Gasteiger charge is -2.30. The van der Waals surface area contributed by atoms with Gasteiger partial charge < -0.3 is 5.73 Å². The number of likely N-dealkylation sites (N-methyl/N-ethyl adjacent to an activating group) is 1. The van der Waals surface area contributed by atoms with E-state index in [9.17, 15) is 0 Å². The van der Waals surface area contributed by atoms with Crippen LogP contribution in [0.2, 0.25) is 0 Å². The fourth-order valence-corrected chi connectivity index (χ4v) is 3.48. The van der Waals surface area contributed by atoms with Gasteiger partial charge in [0.2, 0.25) is 0 Å². The Morgan fingerprint density at radius 2 is 2.15 bits per heavy atom. The Morgan fingerprint density at radius 3 is 2.70 bits per heavy atom. The van der Waals surface area contributed by atoms with E-state index >= 15 is 0 Å². The molecular formula is C16H21BrN2S. The molecule has 0 amide bonds. The zero-order valence-corrected chi connectivity index (χ0v) is 14.4. The minimum atomic E-state index is 0.263. The van der Waals surface area contributed by atoms with Crippen LogP contribution in [0.5, 0.6) is 0 Å². The van der Waals surface area contributed by atoms with Crippen molar-refractivity contribution in [1.82, 2.24) is 4.90 Å². The van der Waals surface area contributed by atoms with Crippen LogP contribution in [0.4, 0.5) is 0 Å². The van der Waals surface area contributed by atoms with Gasteiger partial charge in [-0.05, 0) is 42.1 Å². The summed E-state index contributed by atoms with van der Waals surface area (Å²) in [5.74, 6) is 0. The number of benzene rings is 1. The first-order valence-corrected chi connectivity index (χ1v) is 8.55. The van der Waals surface area contributed by atoms with Crippen LogP contribution in [-0.2, 0) is 6.54 Å². The van der Waals surface area contributed by atoms with E-state index in [1.807, 2.05) is 0 Å². The van der Waals surface area contributed by atoms with E-state index in [0.717, 1.165) is 17.6 Å². The molecule has 2 N–H and O–H groups in total. The lowest BCUT2D eigenvalue weighted by Crippen LogP contribution is -2.33. The Hall–Kier alpha value is -0.680. The first-order valence-electron chi connectivity index (χ1n) is 6.88. The lowest BCUT2D eigenvalue weighted by atomic mass is 10.0. The highest BCUT2D eigenvalue weighted by Crippen LogP contribution is 2.27. The summed E-state index contributed by atoms with van der Waals surface area (Å²) in [5, 5.41) is 2.13. The maximum atomic E-state index is 6.04. The van der Waals surface area contributed by atoms with Crippen LogP contribution in [0.25, 0.3) is 0 Å². The maximum absolute atomic E-state index is 6.04. The van der Waals surface area contributed by atoms with Crippen molar-refractivity contribution in [3.63, 3.8) is 0 Å². The number of rotatable bonds is 6. The van der Waals surface area contributed by atoms with E-state index in [0.29, 0.717) is 6.54 Å². The fourth-order valence-electron chi connectivity index (χ4n) is 2.36. The molecule has 2 aromatic rings. The molecule has 4 heteroatoms. The van der Waals surface area contributed by atoms with Crippen LogP contribution in [0.3, 0.4) is 0 Å². The molecule has 0 aliphatic heterocycles. The summed E-state index contributed by atoms with van der Waals surface area (Å²) in [7, 11) is 0. The standard InChI is InChI=1S/C16H21BrN2S/c1-3-19(11-14-5-4-8-20-14)16(10-18)13-7-6-12(2)15(17)9-13/h4-9,16H,3,10-11,18H2,1-2H3. The van der Waals surface area contributed by atoms with E-state index in [4.69, 9.17) is 5.73 Å². The van der Waals surface area contributed by atoms with Crippen LogP contribution >= 0.6 is 27.3 Å². The third-order valence-corrected chi connectivity index (χ3v) is 5.31. The van der Waals surface area contributed by atoms with Crippen LogP contribution in [0.15, 0.2) is 40.2 Å². The van der Waals surface area contributed by atoms with Crippen molar-refractivity contribution in [2.24, 2.45) is 5.73 Å². The van der Waals surface area contributed by atoms with Crippen molar-refractivity contribution >= 4 is 27.3 Å². The predicted molar refractivity (Wildman–Crippen MR) is 91.1 cm³/mol. The van der Waals surface area contributed by atoms with Gasteiger partial charge in [-0.2, -0.15) is 0 Å². The molecule has 1 aromatic carbocycles. The molecule has 0 fully saturated rings. The summed E-state index contributed by atoms with van der Waals surface area (Å²) < 4.78 is 1.15. The number of nitrogens with two attached hydrogens (primary N) is 1. The van der Waals surface area contributed by atoms with Crippen LogP contribution < -0.4 is 5.73 Å². The second-order valence-corrected chi connectivity index (χ2v) is 6.79. The molecule has 0 aliphatic carbocycles. The van der Waals surface area contributed by atoms with Crippen molar-refractivity contribution in [2.45, 2.75) is 26.4 Å². The molecule has 20 heavy (non-hydrogen) atoms. The SMILES string of the molecule is CCN(Cc1cccs1)C(CN)c1ccc(C)c(Br)c1. The van der Waals surface area contributed by atoms with Gasteiger partial charge >= 0.3 is 0 Å². The van der Waals surface area contributed by atoms with Crippen LogP contribution in [0.1, 0.15) is 29.0 Å². The Morgan fingerprint density at radius 1 is 1.35 bits per heavy atom. The Bertz CT molecular complexity index is 539. The predicted octanol–water partition coefficient (Wildman–Crippen LogP) is 4.34. The lowest BCUT2D eigenvalue weighted by molar-refractivity contribution is 0.205. The molecule has 0 bridgehead atoms. The minimum Gasteiger partial charge on any atom is -0.329 e. The smallest absolute Gasteiger partial charge is 0.0474 e. The molecule has 0 saturated heterocycles. The van der Waals surface area contributed by atoms with E-state index in [2.05, 4.69) is 70.4 Å². The van der Waals surface area contributed by atoms with Gasteiger partial charge in [0.25, 0.3) is 0 Å². The van der Waals surface area contributed by atoms with E-state index in [1.165, 1.54) is 16.0 Å². The first kappa shape index (κ1) is 15.7. The molecule has 2 rings (SSSR count). The molecule has 0 spiro atoms. The van der Waals surface area contributed by atoms with Crippen molar-refractivity contribution in [3.8, 4) is 0 Å². The molecule has 1 heterocycles. The Kier molecular flexibility index (Phi) is 5.78. The normalized spacial score (nSPS) is 12.8. The summed E-state index contributed by atoms with van der Waals surface area (Å²) in [5.41, 5.74) is 8.58. The highest BCUT2D eigenvalue weighted by atomic mass is 79.9. The first-order chi connectivity index (χ1) is 9.65.